The molecule has 1 fully saturated rings. The van der Waals surface area contributed by atoms with Crippen LogP contribution in [0.15, 0.2) is 23.1 Å². The van der Waals surface area contributed by atoms with Gasteiger partial charge in [-0.05, 0) is 44.9 Å². The smallest absolute Gasteiger partial charge is 0.262 e. The Labute approximate surface area is 159 Å². The van der Waals surface area contributed by atoms with Gasteiger partial charge in [0.05, 0.1) is 16.5 Å². The van der Waals surface area contributed by atoms with E-state index < -0.39 is 10.0 Å². The van der Waals surface area contributed by atoms with E-state index in [4.69, 9.17) is 4.74 Å². The summed E-state index contributed by atoms with van der Waals surface area (Å²) in [7, 11) is -3.76. The van der Waals surface area contributed by atoms with Crippen LogP contribution in [0.2, 0.25) is 0 Å². The van der Waals surface area contributed by atoms with Gasteiger partial charge in [0.2, 0.25) is 15.9 Å². The van der Waals surface area contributed by atoms with E-state index in [2.05, 4.69) is 5.32 Å². The van der Waals surface area contributed by atoms with Crippen molar-refractivity contribution >= 4 is 27.5 Å². The van der Waals surface area contributed by atoms with Gasteiger partial charge in [0, 0.05) is 26.2 Å². The summed E-state index contributed by atoms with van der Waals surface area (Å²) in [5, 5.41) is 2.62. The molecule has 0 spiro atoms. The number of amides is 2. The first-order chi connectivity index (χ1) is 12.9. The number of nitrogens with one attached hydrogen (secondary N) is 1. The number of hydrogen-bond acceptors (Lipinski definition) is 5. The van der Waals surface area contributed by atoms with Crippen LogP contribution in [0.4, 0.5) is 5.69 Å². The van der Waals surface area contributed by atoms with Gasteiger partial charge in [0.15, 0.2) is 6.61 Å². The molecule has 2 aliphatic heterocycles. The second kappa shape index (κ2) is 7.85. The Bertz CT molecular complexity index is 835. The lowest BCUT2D eigenvalue weighted by molar-refractivity contribution is -0.136. The van der Waals surface area contributed by atoms with Gasteiger partial charge in [0.25, 0.3) is 5.91 Å². The molecule has 9 heteroatoms. The molecular formula is C18H25N3O5S. The maximum atomic E-state index is 13.1. The second-order valence-corrected chi connectivity index (χ2v) is 8.65. The molecule has 2 aliphatic rings. The van der Waals surface area contributed by atoms with E-state index >= 15 is 0 Å². The van der Waals surface area contributed by atoms with Crippen molar-refractivity contribution in [3.05, 3.63) is 18.2 Å². The lowest BCUT2D eigenvalue weighted by Crippen LogP contribution is -2.46. The summed E-state index contributed by atoms with van der Waals surface area (Å²) in [6.07, 6.45) is 1.33. The topological polar surface area (TPSA) is 96.0 Å². The molecule has 1 N–H and O–H groups in total. The van der Waals surface area contributed by atoms with Crippen LogP contribution in [0.5, 0.6) is 5.75 Å². The zero-order chi connectivity index (χ0) is 19.6. The number of hydrogen-bond donors (Lipinski definition) is 1. The van der Waals surface area contributed by atoms with Gasteiger partial charge in [-0.2, -0.15) is 4.31 Å². The van der Waals surface area contributed by atoms with Crippen LogP contribution in [0.1, 0.15) is 26.7 Å². The van der Waals surface area contributed by atoms with Gasteiger partial charge < -0.3 is 15.0 Å². The maximum absolute atomic E-state index is 13.1. The van der Waals surface area contributed by atoms with Crippen molar-refractivity contribution in [3.8, 4) is 5.75 Å². The van der Waals surface area contributed by atoms with Crippen LogP contribution in [0.3, 0.4) is 0 Å². The first-order valence-corrected chi connectivity index (χ1v) is 10.7. The normalized spacial score (nSPS) is 20.4. The Kier molecular flexibility index (Phi) is 5.71. The minimum atomic E-state index is -3.76. The summed E-state index contributed by atoms with van der Waals surface area (Å²) in [6, 6.07) is 4.43. The summed E-state index contributed by atoms with van der Waals surface area (Å²) < 4.78 is 32.8. The molecule has 0 aromatic heterocycles. The quantitative estimate of drug-likeness (QED) is 0.810. The maximum Gasteiger partial charge on any atom is 0.262 e. The van der Waals surface area contributed by atoms with Crippen molar-refractivity contribution in [1.82, 2.24) is 9.21 Å². The fourth-order valence-corrected chi connectivity index (χ4v) is 5.08. The van der Waals surface area contributed by atoms with Crippen molar-refractivity contribution in [2.45, 2.75) is 31.6 Å². The third-order valence-corrected chi connectivity index (χ3v) is 6.89. The van der Waals surface area contributed by atoms with Crippen molar-refractivity contribution < 1.29 is 22.7 Å². The number of sulfonamides is 1. The zero-order valence-electron chi connectivity index (χ0n) is 15.6. The molecule has 3 rings (SSSR count). The van der Waals surface area contributed by atoms with E-state index in [9.17, 15) is 18.0 Å². The van der Waals surface area contributed by atoms with Crippen LogP contribution >= 0.6 is 0 Å². The molecule has 8 nitrogen and oxygen atoms in total. The fourth-order valence-electron chi connectivity index (χ4n) is 3.53. The van der Waals surface area contributed by atoms with Crippen molar-refractivity contribution in [2.24, 2.45) is 5.92 Å². The van der Waals surface area contributed by atoms with Gasteiger partial charge in [-0.1, -0.05) is 0 Å². The first-order valence-electron chi connectivity index (χ1n) is 9.22. The number of benzene rings is 1. The molecule has 1 aromatic carbocycles. The number of rotatable bonds is 5. The summed E-state index contributed by atoms with van der Waals surface area (Å²) in [4.78, 5) is 26.0. The molecule has 148 valence electrons. The summed E-state index contributed by atoms with van der Waals surface area (Å²) in [5.41, 5.74) is 0.347. The van der Waals surface area contributed by atoms with Crippen molar-refractivity contribution in [1.29, 1.82) is 0 Å². The average molecular weight is 395 g/mol. The summed E-state index contributed by atoms with van der Waals surface area (Å²) in [5.74, 6) is -0.193. The van der Waals surface area contributed by atoms with Crippen LogP contribution < -0.4 is 10.1 Å². The molecule has 1 atom stereocenters. The van der Waals surface area contributed by atoms with Crippen LogP contribution in [-0.4, -0.2) is 62.2 Å². The predicted octanol–water partition coefficient (Wildman–Crippen LogP) is 1.29. The number of ether oxygens (including phenoxy) is 1. The van der Waals surface area contributed by atoms with Gasteiger partial charge in [-0.3, -0.25) is 9.59 Å². The van der Waals surface area contributed by atoms with E-state index in [-0.39, 0.29) is 35.8 Å². The molecule has 27 heavy (non-hydrogen) atoms. The lowest BCUT2D eigenvalue weighted by Gasteiger charge is -2.34. The molecule has 1 aromatic rings. The Hall–Kier alpha value is -2.13. The minimum Gasteiger partial charge on any atom is -0.482 e. The Balaban J connectivity index is 1.81. The predicted molar refractivity (Wildman–Crippen MR) is 100.0 cm³/mol. The first kappa shape index (κ1) is 19.6. The minimum absolute atomic E-state index is 0.00556. The highest BCUT2D eigenvalue weighted by Crippen LogP contribution is 2.32. The number of nitrogens with zero attached hydrogens (tertiary/aromatic N) is 2. The largest absolute Gasteiger partial charge is 0.482 e. The van der Waals surface area contributed by atoms with Crippen molar-refractivity contribution in [3.63, 3.8) is 0 Å². The highest BCUT2D eigenvalue weighted by molar-refractivity contribution is 7.89. The number of fused-ring (bicyclic) bond motifs is 1. The van der Waals surface area contributed by atoms with Crippen LogP contribution in [0, 0.1) is 5.92 Å². The van der Waals surface area contributed by atoms with Crippen molar-refractivity contribution in [2.75, 3.05) is 38.1 Å². The van der Waals surface area contributed by atoms with E-state index in [1.165, 1.54) is 16.4 Å². The number of anilines is 1. The third kappa shape index (κ3) is 3.93. The molecule has 0 saturated carbocycles. The fraction of sp³-hybridized carbons (Fsp3) is 0.556. The standard InChI is InChI=1S/C18H25N3O5S/c1-3-20(4-2)18(23)13-6-5-9-21(11-13)27(24,25)14-7-8-16-15(10-14)19-17(22)12-26-16/h7-8,10,13H,3-6,9,11-12H2,1-2H3,(H,19,22). The van der Waals surface area contributed by atoms with Gasteiger partial charge in [0.1, 0.15) is 5.75 Å². The molecule has 0 radical (unpaired) electrons. The Morgan fingerprint density at radius 2 is 2.07 bits per heavy atom. The zero-order valence-corrected chi connectivity index (χ0v) is 16.4. The second-order valence-electron chi connectivity index (χ2n) is 6.71. The summed E-state index contributed by atoms with van der Waals surface area (Å²) in [6.45, 7) is 5.54. The van der Waals surface area contributed by atoms with Gasteiger partial charge >= 0.3 is 0 Å². The van der Waals surface area contributed by atoms with Crippen LogP contribution in [0.25, 0.3) is 0 Å². The Morgan fingerprint density at radius 3 is 2.78 bits per heavy atom. The van der Waals surface area contributed by atoms with Gasteiger partial charge in [-0.25, -0.2) is 8.42 Å². The van der Waals surface area contributed by atoms with E-state index in [0.29, 0.717) is 43.9 Å². The van der Waals surface area contributed by atoms with Crippen LogP contribution in [-0.2, 0) is 19.6 Å². The average Bonchev–Trinajstić information content (AvgIpc) is 2.68. The number of carbonyl (C=O) groups is 2. The third-order valence-electron chi connectivity index (χ3n) is 5.03. The molecule has 1 saturated heterocycles. The number of piperidine rings is 1. The van der Waals surface area contributed by atoms with Gasteiger partial charge in [-0.15, -0.1) is 0 Å². The molecule has 2 amide bonds. The van der Waals surface area contributed by atoms with E-state index in [1.807, 2.05) is 13.8 Å². The Morgan fingerprint density at radius 1 is 1.33 bits per heavy atom. The molecule has 0 aliphatic carbocycles. The lowest BCUT2D eigenvalue weighted by atomic mass is 9.98. The monoisotopic (exact) mass is 395 g/mol. The highest BCUT2D eigenvalue weighted by Gasteiger charge is 2.35. The van der Waals surface area contributed by atoms with E-state index in [0.717, 1.165) is 0 Å². The van der Waals surface area contributed by atoms with E-state index in [1.54, 1.807) is 11.0 Å². The number of carbonyl (C=O) groups excluding carboxylic acids is 2. The molecule has 2 heterocycles. The highest BCUT2D eigenvalue weighted by atomic mass is 32.2. The molecular weight excluding hydrogens is 370 g/mol. The SMILES string of the molecule is CCN(CC)C(=O)C1CCCN(S(=O)(=O)c2ccc3c(c2)NC(=O)CO3)C1. The molecule has 1 unspecified atom stereocenters. The summed E-state index contributed by atoms with van der Waals surface area (Å²) >= 11 is 0. The molecule has 0 bridgehead atoms.